The van der Waals surface area contributed by atoms with Crippen LogP contribution in [0.25, 0.3) is 0 Å². The first-order chi connectivity index (χ1) is 8.63. The Kier molecular flexibility index (Phi) is 6.39. The van der Waals surface area contributed by atoms with Crippen molar-refractivity contribution in [2.75, 3.05) is 13.7 Å². The molecule has 0 saturated heterocycles. The lowest BCUT2D eigenvalue weighted by Gasteiger charge is -2.15. The molecule has 0 aromatic heterocycles. The third-order valence-corrected chi connectivity index (χ3v) is 2.73. The van der Waals surface area contributed by atoms with Crippen molar-refractivity contribution in [1.82, 2.24) is 5.32 Å². The highest BCUT2D eigenvalue weighted by molar-refractivity contribution is 5.76. The van der Waals surface area contributed by atoms with Gasteiger partial charge in [-0.1, -0.05) is 30.3 Å². The summed E-state index contributed by atoms with van der Waals surface area (Å²) in [5, 5.41) is 2.87. The van der Waals surface area contributed by atoms with Crippen LogP contribution in [0.3, 0.4) is 0 Å². The van der Waals surface area contributed by atoms with Crippen molar-refractivity contribution in [3.05, 3.63) is 35.9 Å². The Morgan fingerprint density at radius 3 is 2.67 bits per heavy atom. The molecule has 0 aliphatic rings. The molecule has 0 heterocycles. The van der Waals surface area contributed by atoms with Gasteiger partial charge in [-0.05, 0) is 18.9 Å². The number of carbonyl (C=O) groups is 1. The Labute approximate surface area is 109 Å². The van der Waals surface area contributed by atoms with Crippen molar-refractivity contribution >= 4 is 5.91 Å². The number of hydrogen-bond acceptors (Lipinski definition) is 3. The summed E-state index contributed by atoms with van der Waals surface area (Å²) in [6.07, 6.45) is 1.08. The lowest BCUT2D eigenvalue weighted by molar-refractivity contribution is -0.122. The van der Waals surface area contributed by atoms with Gasteiger partial charge in [-0.2, -0.15) is 0 Å². The number of hydrogen-bond donors (Lipinski definition) is 2. The Morgan fingerprint density at radius 1 is 1.39 bits per heavy atom. The highest BCUT2D eigenvalue weighted by Crippen LogP contribution is 2.14. The van der Waals surface area contributed by atoms with Crippen LogP contribution in [0.4, 0.5) is 0 Å². The van der Waals surface area contributed by atoms with Crippen molar-refractivity contribution in [3.63, 3.8) is 0 Å². The second kappa shape index (κ2) is 7.84. The Bertz CT molecular complexity index is 354. The molecule has 18 heavy (non-hydrogen) atoms. The molecular formula is C14H22N2O2. The lowest BCUT2D eigenvalue weighted by Crippen LogP contribution is -2.35. The highest BCUT2D eigenvalue weighted by atomic mass is 16.5. The second-order valence-electron chi connectivity index (χ2n) is 4.48. The second-order valence-corrected chi connectivity index (χ2v) is 4.48. The van der Waals surface area contributed by atoms with Crippen molar-refractivity contribution in [3.8, 4) is 0 Å². The van der Waals surface area contributed by atoms with E-state index in [-0.39, 0.29) is 18.0 Å². The molecule has 0 aliphatic carbocycles. The van der Waals surface area contributed by atoms with E-state index in [1.54, 1.807) is 7.11 Å². The molecule has 100 valence electrons. The average Bonchev–Trinajstić information content (AvgIpc) is 2.37. The SMILES string of the molecule is COCC(C)NC(=O)CCC(N)c1ccccc1. The van der Waals surface area contributed by atoms with Gasteiger partial charge >= 0.3 is 0 Å². The first-order valence-electron chi connectivity index (χ1n) is 6.22. The number of amides is 1. The van der Waals surface area contributed by atoms with E-state index in [1.165, 1.54) is 0 Å². The Hall–Kier alpha value is -1.39. The first-order valence-corrected chi connectivity index (χ1v) is 6.22. The van der Waals surface area contributed by atoms with Gasteiger partial charge < -0.3 is 15.8 Å². The van der Waals surface area contributed by atoms with Gasteiger partial charge in [-0.15, -0.1) is 0 Å². The van der Waals surface area contributed by atoms with E-state index in [4.69, 9.17) is 10.5 Å². The molecule has 4 heteroatoms. The molecule has 0 bridgehead atoms. The van der Waals surface area contributed by atoms with Crippen LogP contribution in [0.2, 0.25) is 0 Å². The van der Waals surface area contributed by atoms with Crippen LogP contribution in [-0.4, -0.2) is 25.7 Å². The maximum Gasteiger partial charge on any atom is 0.220 e. The molecule has 1 aromatic carbocycles. The van der Waals surface area contributed by atoms with E-state index < -0.39 is 0 Å². The van der Waals surface area contributed by atoms with E-state index in [2.05, 4.69) is 5.32 Å². The van der Waals surface area contributed by atoms with Crippen LogP contribution in [0.5, 0.6) is 0 Å². The van der Waals surface area contributed by atoms with Gasteiger partial charge in [0.15, 0.2) is 0 Å². The van der Waals surface area contributed by atoms with Gasteiger partial charge in [0.2, 0.25) is 5.91 Å². The summed E-state index contributed by atoms with van der Waals surface area (Å²) >= 11 is 0. The maximum atomic E-state index is 11.6. The van der Waals surface area contributed by atoms with E-state index in [0.717, 1.165) is 5.56 Å². The minimum Gasteiger partial charge on any atom is -0.383 e. The summed E-state index contributed by atoms with van der Waals surface area (Å²) in [4.78, 5) is 11.6. The first kappa shape index (κ1) is 14.7. The van der Waals surface area contributed by atoms with Crippen molar-refractivity contribution in [2.24, 2.45) is 5.73 Å². The molecule has 1 amide bonds. The van der Waals surface area contributed by atoms with Crippen LogP contribution in [0, 0.1) is 0 Å². The molecule has 4 nitrogen and oxygen atoms in total. The normalized spacial score (nSPS) is 13.9. The van der Waals surface area contributed by atoms with Crippen molar-refractivity contribution < 1.29 is 9.53 Å². The molecule has 0 radical (unpaired) electrons. The molecule has 2 atom stereocenters. The van der Waals surface area contributed by atoms with E-state index in [1.807, 2.05) is 37.3 Å². The Morgan fingerprint density at radius 2 is 2.06 bits per heavy atom. The number of carbonyl (C=O) groups excluding carboxylic acids is 1. The van der Waals surface area contributed by atoms with E-state index in [0.29, 0.717) is 19.4 Å². The van der Waals surface area contributed by atoms with Gasteiger partial charge in [-0.25, -0.2) is 0 Å². The molecule has 3 N–H and O–H groups in total. The van der Waals surface area contributed by atoms with E-state index in [9.17, 15) is 4.79 Å². The smallest absolute Gasteiger partial charge is 0.220 e. The van der Waals surface area contributed by atoms with Crippen molar-refractivity contribution in [2.45, 2.75) is 31.8 Å². The molecule has 0 fully saturated rings. The molecule has 1 aromatic rings. The number of ether oxygens (including phenoxy) is 1. The van der Waals surface area contributed by atoms with Crippen LogP contribution in [-0.2, 0) is 9.53 Å². The van der Waals surface area contributed by atoms with Crippen LogP contribution in [0.1, 0.15) is 31.4 Å². The van der Waals surface area contributed by atoms with Gasteiger partial charge in [0.25, 0.3) is 0 Å². The van der Waals surface area contributed by atoms with Crippen LogP contribution in [0.15, 0.2) is 30.3 Å². The molecular weight excluding hydrogens is 228 g/mol. The van der Waals surface area contributed by atoms with Gasteiger partial charge in [0.05, 0.1) is 6.61 Å². The van der Waals surface area contributed by atoms with E-state index >= 15 is 0 Å². The standard InChI is InChI=1S/C14H22N2O2/c1-11(10-18-2)16-14(17)9-8-13(15)12-6-4-3-5-7-12/h3-7,11,13H,8-10,15H2,1-2H3,(H,16,17). The number of benzene rings is 1. The average molecular weight is 250 g/mol. The topological polar surface area (TPSA) is 64.3 Å². The quantitative estimate of drug-likeness (QED) is 0.773. The fourth-order valence-corrected chi connectivity index (χ4v) is 1.79. The lowest BCUT2D eigenvalue weighted by atomic mass is 10.0. The number of methoxy groups -OCH3 is 1. The zero-order valence-electron chi connectivity index (χ0n) is 11.1. The summed E-state index contributed by atoms with van der Waals surface area (Å²) < 4.78 is 4.96. The molecule has 2 unspecified atom stereocenters. The van der Waals surface area contributed by atoms with Crippen molar-refractivity contribution in [1.29, 1.82) is 0 Å². The number of nitrogens with two attached hydrogens (primary N) is 1. The number of nitrogens with one attached hydrogen (secondary N) is 1. The fraction of sp³-hybridized carbons (Fsp3) is 0.500. The zero-order chi connectivity index (χ0) is 13.4. The predicted molar refractivity (Wildman–Crippen MR) is 72.1 cm³/mol. The van der Waals surface area contributed by atoms with Gasteiger partial charge in [-0.3, -0.25) is 4.79 Å². The Balaban J connectivity index is 2.30. The molecule has 0 spiro atoms. The van der Waals surface area contributed by atoms with Crippen LogP contribution < -0.4 is 11.1 Å². The minimum absolute atomic E-state index is 0.0194. The summed E-state index contributed by atoms with van der Waals surface area (Å²) in [7, 11) is 1.62. The summed E-state index contributed by atoms with van der Waals surface area (Å²) in [5.41, 5.74) is 7.09. The van der Waals surface area contributed by atoms with Gasteiger partial charge in [0, 0.05) is 25.6 Å². The predicted octanol–water partition coefficient (Wildman–Crippen LogP) is 1.62. The maximum absolute atomic E-state index is 11.6. The molecule has 1 rings (SSSR count). The monoisotopic (exact) mass is 250 g/mol. The summed E-state index contributed by atoms with van der Waals surface area (Å²) in [6.45, 7) is 2.44. The third kappa shape index (κ3) is 5.29. The minimum atomic E-state index is -0.0883. The highest BCUT2D eigenvalue weighted by Gasteiger charge is 2.10. The molecule has 0 saturated carbocycles. The summed E-state index contributed by atoms with van der Waals surface area (Å²) in [6, 6.07) is 9.78. The third-order valence-electron chi connectivity index (χ3n) is 2.73. The van der Waals surface area contributed by atoms with Crippen LogP contribution >= 0.6 is 0 Å². The largest absolute Gasteiger partial charge is 0.383 e. The fourth-order valence-electron chi connectivity index (χ4n) is 1.79. The zero-order valence-corrected chi connectivity index (χ0v) is 11.1. The number of rotatable bonds is 7. The molecule has 0 aliphatic heterocycles. The van der Waals surface area contributed by atoms with Gasteiger partial charge in [0.1, 0.15) is 0 Å². The summed E-state index contributed by atoms with van der Waals surface area (Å²) in [5.74, 6) is 0.0194.